The number of hydrogen-bond acceptors (Lipinski definition) is 3. The number of para-hydroxylation sites is 1. The van der Waals surface area contributed by atoms with E-state index >= 15 is 0 Å². The minimum atomic E-state index is -1.19. The van der Waals surface area contributed by atoms with E-state index in [1.165, 1.54) is 0 Å². The van der Waals surface area contributed by atoms with Crippen molar-refractivity contribution in [1.82, 2.24) is 4.98 Å². The zero-order chi connectivity index (χ0) is 16.9. The van der Waals surface area contributed by atoms with Crippen molar-refractivity contribution >= 4 is 28.5 Å². The van der Waals surface area contributed by atoms with E-state index in [2.05, 4.69) is 4.98 Å². The van der Waals surface area contributed by atoms with Gasteiger partial charge >= 0.3 is 5.97 Å². The van der Waals surface area contributed by atoms with Crippen LogP contribution in [0.2, 0.25) is 5.02 Å². The predicted molar refractivity (Wildman–Crippen MR) is 91.8 cm³/mol. The van der Waals surface area contributed by atoms with Gasteiger partial charge in [0, 0.05) is 10.8 Å². The van der Waals surface area contributed by atoms with Crippen molar-refractivity contribution in [3.63, 3.8) is 0 Å². The smallest absolute Gasteiger partial charge is 0.340 e. The topological polar surface area (TPSA) is 70.4 Å². The van der Waals surface area contributed by atoms with Gasteiger partial charge in [-0.2, -0.15) is 0 Å². The van der Waals surface area contributed by atoms with Crippen molar-refractivity contribution in [2.45, 2.75) is 18.3 Å². The monoisotopic (exact) mass is 339 g/mol. The third-order valence-electron chi connectivity index (χ3n) is 4.68. The Bertz CT molecular complexity index is 965. The molecule has 120 valence electrons. The number of fused-ring (bicyclic) bond motifs is 1. The Balaban J connectivity index is 2.06. The zero-order valence-electron chi connectivity index (χ0n) is 12.7. The molecule has 4 nitrogen and oxygen atoms in total. The molecular weight excluding hydrogens is 326 g/mol. The second-order valence-corrected chi connectivity index (χ2v) is 6.48. The summed E-state index contributed by atoms with van der Waals surface area (Å²) in [5, 5.41) is 21.0. The van der Waals surface area contributed by atoms with Gasteiger partial charge in [-0.15, -0.1) is 0 Å². The highest BCUT2D eigenvalue weighted by atomic mass is 35.5. The molecule has 0 bridgehead atoms. The van der Waals surface area contributed by atoms with E-state index in [-0.39, 0.29) is 11.3 Å². The van der Waals surface area contributed by atoms with Crippen molar-refractivity contribution in [3.8, 4) is 5.75 Å². The highest BCUT2D eigenvalue weighted by Crippen LogP contribution is 2.56. The van der Waals surface area contributed by atoms with Crippen LogP contribution in [0.15, 0.2) is 48.5 Å². The van der Waals surface area contributed by atoms with Gasteiger partial charge in [0.2, 0.25) is 0 Å². The summed E-state index contributed by atoms with van der Waals surface area (Å²) >= 11 is 6.24. The molecule has 1 fully saturated rings. The molecule has 0 amide bonds. The molecule has 1 saturated carbocycles. The summed E-state index contributed by atoms with van der Waals surface area (Å²) in [5.41, 5.74) is 1.25. The van der Waals surface area contributed by atoms with Gasteiger partial charge in [-0.3, -0.25) is 0 Å². The minimum absolute atomic E-state index is 0.139. The van der Waals surface area contributed by atoms with Gasteiger partial charge in [0.05, 0.1) is 16.2 Å². The van der Waals surface area contributed by atoms with Gasteiger partial charge in [-0.1, -0.05) is 54.1 Å². The van der Waals surface area contributed by atoms with Crippen LogP contribution >= 0.6 is 11.6 Å². The molecule has 0 aliphatic heterocycles. The average molecular weight is 340 g/mol. The molecular formula is C19H14ClNO3. The van der Waals surface area contributed by atoms with Gasteiger partial charge in [0.25, 0.3) is 0 Å². The molecule has 1 aromatic heterocycles. The lowest BCUT2D eigenvalue weighted by molar-refractivity contribution is 0.0695. The third-order valence-corrected chi connectivity index (χ3v) is 4.99. The van der Waals surface area contributed by atoms with Crippen LogP contribution in [-0.4, -0.2) is 21.2 Å². The van der Waals surface area contributed by atoms with Crippen LogP contribution in [0, 0.1) is 0 Å². The number of aromatic hydroxyl groups is 1. The molecule has 24 heavy (non-hydrogen) atoms. The van der Waals surface area contributed by atoms with Crippen LogP contribution in [0.25, 0.3) is 10.9 Å². The Morgan fingerprint density at radius 1 is 1.08 bits per heavy atom. The van der Waals surface area contributed by atoms with E-state index < -0.39 is 11.4 Å². The van der Waals surface area contributed by atoms with Crippen LogP contribution < -0.4 is 0 Å². The summed E-state index contributed by atoms with van der Waals surface area (Å²) < 4.78 is 0. The maximum absolute atomic E-state index is 11.8. The molecule has 0 atom stereocenters. The molecule has 1 aliphatic carbocycles. The standard InChI is InChI=1S/C19H14ClNO3/c20-13-8-4-7-12-14(18(23)24)16(22)17(21-15(12)13)19(9-10-19)11-5-2-1-3-6-11/h1-8,22H,9-10H2,(H,23,24). The predicted octanol–water partition coefficient (Wildman–Crippen LogP) is 4.37. The molecule has 0 unspecified atom stereocenters. The fourth-order valence-corrected chi connectivity index (χ4v) is 3.55. The normalized spacial score (nSPS) is 15.4. The number of aromatic carboxylic acids is 1. The van der Waals surface area contributed by atoms with Crippen molar-refractivity contribution < 1.29 is 15.0 Å². The molecule has 0 saturated heterocycles. The molecule has 1 aliphatic rings. The molecule has 0 spiro atoms. The van der Waals surface area contributed by atoms with E-state index in [4.69, 9.17) is 11.6 Å². The molecule has 4 rings (SSSR count). The van der Waals surface area contributed by atoms with Crippen molar-refractivity contribution in [3.05, 3.63) is 70.4 Å². The summed E-state index contributed by atoms with van der Waals surface area (Å²) in [6, 6.07) is 14.7. The highest BCUT2D eigenvalue weighted by Gasteiger charge is 2.49. The van der Waals surface area contributed by atoms with E-state index in [0.29, 0.717) is 21.6 Å². The fraction of sp³-hybridized carbons (Fsp3) is 0.158. The Hall–Kier alpha value is -2.59. The molecule has 2 N–H and O–H groups in total. The SMILES string of the molecule is O=C(O)c1c(O)c(C2(c3ccccc3)CC2)nc2c(Cl)cccc12. The van der Waals surface area contributed by atoms with Crippen molar-refractivity contribution in [1.29, 1.82) is 0 Å². The van der Waals surface area contributed by atoms with Gasteiger partial charge in [-0.25, -0.2) is 9.78 Å². The number of rotatable bonds is 3. The van der Waals surface area contributed by atoms with Gasteiger partial charge in [0.15, 0.2) is 5.75 Å². The number of carboxylic acid groups (broad SMARTS) is 1. The highest BCUT2D eigenvalue weighted by molar-refractivity contribution is 6.35. The zero-order valence-corrected chi connectivity index (χ0v) is 13.4. The summed E-state index contributed by atoms with van der Waals surface area (Å²) in [6.45, 7) is 0. The van der Waals surface area contributed by atoms with Crippen LogP contribution in [0.5, 0.6) is 5.75 Å². The third kappa shape index (κ3) is 2.07. The number of carbonyl (C=O) groups is 1. The largest absolute Gasteiger partial charge is 0.505 e. The second-order valence-electron chi connectivity index (χ2n) is 6.07. The summed E-state index contributed by atoms with van der Waals surface area (Å²) in [5.74, 6) is -1.45. The average Bonchev–Trinajstić information content (AvgIpc) is 3.37. The van der Waals surface area contributed by atoms with Crippen LogP contribution in [0.3, 0.4) is 0 Å². The lowest BCUT2D eigenvalue weighted by Crippen LogP contribution is -2.14. The lowest BCUT2D eigenvalue weighted by atomic mass is 9.89. The lowest BCUT2D eigenvalue weighted by Gasteiger charge is -2.19. The van der Waals surface area contributed by atoms with Gasteiger partial charge < -0.3 is 10.2 Å². The first-order chi connectivity index (χ1) is 11.5. The molecule has 3 aromatic rings. The maximum atomic E-state index is 11.8. The first kappa shape index (κ1) is 15.0. The number of benzene rings is 2. The van der Waals surface area contributed by atoms with E-state index in [0.717, 1.165) is 18.4 Å². The van der Waals surface area contributed by atoms with Crippen LogP contribution in [-0.2, 0) is 5.41 Å². The van der Waals surface area contributed by atoms with E-state index in [1.807, 2.05) is 30.3 Å². The van der Waals surface area contributed by atoms with Crippen molar-refractivity contribution in [2.24, 2.45) is 0 Å². The van der Waals surface area contributed by atoms with Gasteiger partial charge in [-0.05, 0) is 24.5 Å². The Morgan fingerprint density at radius 3 is 2.42 bits per heavy atom. The fourth-order valence-electron chi connectivity index (χ4n) is 3.34. The summed E-state index contributed by atoms with van der Waals surface area (Å²) in [6.07, 6.45) is 1.62. The second kappa shape index (κ2) is 5.21. The van der Waals surface area contributed by atoms with E-state index in [1.54, 1.807) is 18.2 Å². The van der Waals surface area contributed by atoms with Crippen LogP contribution in [0.4, 0.5) is 0 Å². The van der Waals surface area contributed by atoms with Crippen LogP contribution in [0.1, 0.15) is 34.5 Å². The quantitative estimate of drug-likeness (QED) is 0.743. The number of aromatic nitrogens is 1. The maximum Gasteiger partial charge on any atom is 0.340 e. The van der Waals surface area contributed by atoms with Crippen molar-refractivity contribution in [2.75, 3.05) is 0 Å². The number of nitrogens with zero attached hydrogens (tertiary/aromatic N) is 1. The minimum Gasteiger partial charge on any atom is -0.505 e. The Kier molecular flexibility index (Phi) is 3.25. The molecule has 0 radical (unpaired) electrons. The number of hydrogen-bond donors (Lipinski definition) is 2. The molecule has 1 heterocycles. The number of halogens is 1. The summed E-state index contributed by atoms with van der Waals surface area (Å²) in [7, 11) is 0. The molecule has 2 aromatic carbocycles. The van der Waals surface area contributed by atoms with E-state index in [9.17, 15) is 15.0 Å². The Labute approximate surface area is 143 Å². The van der Waals surface area contributed by atoms with Gasteiger partial charge in [0.1, 0.15) is 5.56 Å². The number of pyridine rings is 1. The molecule has 5 heteroatoms. The Morgan fingerprint density at radius 2 is 1.79 bits per heavy atom. The first-order valence-corrected chi connectivity index (χ1v) is 8.03. The first-order valence-electron chi connectivity index (χ1n) is 7.65. The number of carboxylic acids is 1. The summed E-state index contributed by atoms with van der Waals surface area (Å²) in [4.78, 5) is 16.3.